The molecule has 0 bridgehead atoms. The average Bonchev–Trinajstić information content (AvgIpc) is 3.04. The molecule has 1 aromatic heterocycles. The van der Waals surface area contributed by atoms with Crippen molar-refractivity contribution in [1.29, 1.82) is 0 Å². The first-order valence-corrected chi connectivity index (χ1v) is 9.01. The van der Waals surface area contributed by atoms with Gasteiger partial charge in [0.2, 0.25) is 5.88 Å². The van der Waals surface area contributed by atoms with Crippen LogP contribution in [0.3, 0.4) is 0 Å². The Labute approximate surface area is 168 Å². The zero-order valence-electron chi connectivity index (χ0n) is 13.6. The third-order valence-electron chi connectivity index (χ3n) is 4.14. The molecule has 27 heavy (non-hydrogen) atoms. The fourth-order valence-electron chi connectivity index (χ4n) is 2.84. The van der Waals surface area contributed by atoms with Crippen molar-refractivity contribution in [3.05, 3.63) is 78.8 Å². The maximum absolute atomic E-state index is 12.4. The van der Waals surface area contributed by atoms with Crippen LogP contribution in [-0.4, -0.2) is 20.9 Å². The molecule has 8 heteroatoms. The van der Waals surface area contributed by atoms with Crippen LogP contribution >= 0.6 is 35.4 Å². The number of allylic oxidation sites excluding steroid dienone is 1. The zero-order valence-corrected chi connectivity index (χ0v) is 15.9. The van der Waals surface area contributed by atoms with E-state index in [1.54, 1.807) is 30.5 Å². The molecule has 4 rings (SSSR count). The summed E-state index contributed by atoms with van der Waals surface area (Å²) in [6.45, 7) is 0. The summed E-state index contributed by atoms with van der Waals surface area (Å²) >= 11 is 17.2. The molecule has 0 amide bonds. The molecule has 2 N–H and O–H groups in total. The molecule has 2 heterocycles. The highest BCUT2D eigenvalue weighted by Gasteiger charge is 2.17. The first-order chi connectivity index (χ1) is 13.0. The molecule has 0 saturated carbocycles. The van der Waals surface area contributed by atoms with Crippen LogP contribution in [0.2, 0.25) is 10.0 Å². The fourth-order valence-corrected chi connectivity index (χ4v) is 3.42. The largest absolute Gasteiger partial charge is 0.494 e. The number of nitrogens with zero attached hydrogens (tertiary/aromatic N) is 2. The monoisotopic (exact) mass is 415 g/mol. The Hall–Kier alpha value is -2.67. The van der Waals surface area contributed by atoms with Gasteiger partial charge >= 0.3 is 0 Å². The normalized spacial score (nSPS) is 13.9. The third kappa shape index (κ3) is 3.12. The minimum Gasteiger partial charge on any atom is -0.494 e. The predicted molar refractivity (Wildman–Crippen MR) is 111 cm³/mol. The molecule has 3 aromatic rings. The molecule has 1 aliphatic rings. The summed E-state index contributed by atoms with van der Waals surface area (Å²) in [5.41, 5.74) is 2.43. The number of fused-ring (bicyclic) bond motifs is 1. The molecule has 0 spiro atoms. The number of H-pyrrole nitrogens is 1. The summed E-state index contributed by atoms with van der Waals surface area (Å²) in [6, 6.07) is 12.3. The maximum Gasteiger partial charge on any atom is 0.262 e. The van der Waals surface area contributed by atoms with Crippen LogP contribution in [0.25, 0.3) is 17.3 Å². The number of rotatable bonds is 2. The van der Waals surface area contributed by atoms with Gasteiger partial charge in [0.1, 0.15) is 5.56 Å². The van der Waals surface area contributed by atoms with Crippen LogP contribution in [0.4, 0.5) is 5.69 Å². The van der Waals surface area contributed by atoms with E-state index in [9.17, 15) is 9.90 Å². The summed E-state index contributed by atoms with van der Waals surface area (Å²) in [6.07, 6.45) is 3.22. The lowest BCUT2D eigenvalue weighted by molar-refractivity contribution is 0.432. The van der Waals surface area contributed by atoms with Gasteiger partial charge < -0.3 is 5.11 Å². The van der Waals surface area contributed by atoms with Crippen LogP contribution < -0.4 is 5.56 Å². The van der Waals surface area contributed by atoms with Crippen molar-refractivity contribution < 1.29 is 5.11 Å². The van der Waals surface area contributed by atoms with Gasteiger partial charge in [-0.25, -0.2) is 0 Å². The van der Waals surface area contributed by atoms with Crippen LogP contribution in [0.1, 0.15) is 11.1 Å². The van der Waals surface area contributed by atoms with E-state index in [0.717, 1.165) is 11.3 Å². The van der Waals surface area contributed by atoms with Gasteiger partial charge in [-0.1, -0.05) is 41.4 Å². The van der Waals surface area contributed by atoms with Crippen molar-refractivity contribution in [2.45, 2.75) is 0 Å². The second-order valence-electron chi connectivity index (χ2n) is 5.81. The molecule has 0 aliphatic carbocycles. The van der Waals surface area contributed by atoms with Crippen molar-refractivity contribution >= 4 is 59.0 Å². The Morgan fingerprint density at radius 3 is 2.70 bits per heavy atom. The molecule has 0 unspecified atom stereocenters. The maximum atomic E-state index is 12.4. The predicted octanol–water partition coefficient (Wildman–Crippen LogP) is 5.16. The van der Waals surface area contributed by atoms with E-state index < -0.39 is 5.56 Å². The van der Waals surface area contributed by atoms with E-state index in [0.29, 0.717) is 21.3 Å². The topological polar surface area (TPSA) is 70.4 Å². The highest BCUT2D eigenvalue weighted by Crippen LogP contribution is 2.33. The van der Waals surface area contributed by atoms with E-state index in [4.69, 9.17) is 35.4 Å². The number of hydrogen-bond donors (Lipinski definition) is 2. The van der Waals surface area contributed by atoms with Crippen molar-refractivity contribution in [2.75, 3.05) is 0 Å². The van der Waals surface area contributed by atoms with Gasteiger partial charge in [0, 0.05) is 17.4 Å². The molecule has 2 aromatic carbocycles. The highest BCUT2D eigenvalue weighted by molar-refractivity contribution is 7.71. The van der Waals surface area contributed by atoms with Crippen LogP contribution in [-0.2, 0) is 0 Å². The second-order valence-corrected chi connectivity index (χ2v) is 7.01. The number of para-hydroxylation sites is 1. The summed E-state index contributed by atoms with van der Waals surface area (Å²) in [7, 11) is 0. The number of aromatic nitrogens is 2. The Morgan fingerprint density at radius 1 is 1.15 bits per heavy atom. The number of hydrogen-bond acceptors (Lipinski definition) is 4. The lowest BCUT2D eigenvalue weighted by Gasteiger charge is -2.12. The van der Waals surface area contributed by atoms with Gasteiger partial charge in [0.05, 0.1) is 21.4 Å². The van der Waals surface area contributed by atoms with Gasteiger partial charge in [0.25, 0.3) is 5.56 Å². The quantitative estimate of drug-likeness (QED) is 0.567. The molecule has 0 saturated heterocycles. The lowest BCUT2D eigenvalue weighted by Crippen LogP contribution is -2.16. The standard InChI is InChI=1S/C19H11Cl2N3O2S/c20-14-6-5-11(8-15(14)21)24-18(26)13(17(25)23-19(24)27)7-10-9-22-16-4-2-1-3-12(10)16/h1-9,26H,(H,23,25,27)/b10-7+. The van der Waals surface area contributed by atoms with Crippen molar-refractivity contribution in [2.24, 2.45) is 4.99 Å². The molecule has 1 aliphatic heterocycles. The van der Waals surface area contributed by atoms with E-state index in [2.05, 4.69) is 9.98 Å². The molecule has 0 radical (unpaired) electrons. The number of nitrogens with one attached hydrogen (secondary N) is 1. The fraction of sp³-hybridized carbons (Fsp3) is 0. The van der Waals surface area contributed by atoms with Gasteiger partial charge in [-0.2, -0.15) is 0 Å². The van der Waals surface area contributed by atoms with Gasteiger partial charge in [-0.3, -0.25) is 19.3 Å². The van der Waals surface area contributed by atoms with Crippen molar-refractivity contribution in [3.8, 4) is 11.6 Å². The first-order valence-electron chi connectivity index (χ1n) is 7.84. The van der Waals surface area contributed by atoms with Crippen molar-refractivity contribution in [1.82, 2.24) is 9.55 Å². The summed E-state index contributed by atoms with van der Waals surface area (Å²) < 4.78 is 1.36. The number of halogens is 2. The highest BCUT2D eigenvalue weighted by atomic mass is 35.5. The van der Waals surface area contributed by atoms with Gasteiger partial charge in [-0.05, 0) is 42.6 Å². The molecule has 5 nitrogen and oxygen atoms in total. The van der Waals surface area contributed by atoms with E-state index in [1.807, 2.05) is 24.3 Å². The van der Waals surface area contributed by atoms with E-state index in [1.165, 1.54) is 4.57 Å². The number of aromatic amines is 1. The minimum absolute atomic E-state index is 0.0403. The molecule has 0 fully saturated rings. The van der Waals surface area contributed by atoms with Gasteiger partial charge in [0.15, 0.2) is 4.77 Å². The Bertz CT molecular complexity index is 1260. The molecule has 0 atom stereocenters. The van der Waals surface area contributed by atoms with Crippen molar-refractivity contribution in [3.63, 3.8) is 0 Å². The Morgan fingerprint density at radius 2 is 1.93 bits per heavy atom. The van der Waals surface area contributed by atoms with E-state index in [-0.39, 0.29) is 16.2 Å². The third-order valence-corrected chi connectivity index (χ3v) is 5.16. The first kappa shape index (κ1) is 17.7. The number of benzene rings is 2. The van der Waals surface area contributed by atoms with E-state index >= 15 is 0 Å². The Balaban J connectivity index is 1.92. The average molecular weight is 416 g/mol. The van der Waals surface area contributed by atoms with Crippen LogP contribution in [0, 0.1) is 4.77 Å². The van der Waals surface area contributed by atoms with Gasteiger partial charge in [-0.15, -0.1) is 0 Å². The summed E-state index contributed by atoms with van der Waals surface area (Å²) in [5, 5.41) is 11.5. The number of aliphatic imine (C=N–C) groups is 1. The SMILES string of the molecule is O=c1[nH]c(=S)n(-c2ccc(Cl)c(Cl)c2)c(O)c1/C=C1\C=Nc2ccccc21. The number of aromatic hydroxyl groups is 1. The lowest BCUT2D eigenvalue weighted by atomic mass is 10.1. The summed E-state index contributed by atoms with van der Waals surface area (Å²) in [5.74, 6) is -0.299. The molecular weight excluding hydrogens is 405 g/mol. The smallest absolute Gasteiger partial charge is 0.262 e. The molecule has 134 valence electrons. The molecular formula is C19H11Cl2N3O2S. The summed E-state index contributed by atoms with van der Waals surface area (Å²) in [4.78, 5) is 19.3. The second kappa shape index (κ2) is 6.81. The van der Waals surface area contributed by atoms with Crippen LogP contribution in [0.5, 0.6) is 5.88 Å². The zero-order chi connectivity index (χ0) is 19.1. The minimum atomic E-state index is -0.501. The van der Waals surface area contributed by atoms with Crippen LogP contribution in [0.15, 0.2) is 52.3 Å². The Kier molecular flexibility index (Phi) is 4.47.